The fourth-order valence-corrected chi connectivity index (χ4v) is 5.42. The predicted octanol–water partition coefficient (Wildman–Crippen LogP) is 4.74. The first kappa shape index (κ1) is 23.3. The van der Waals surface area contributed by atoms with E-state index in [9.17, 15) is 9.59 Å². The minimum Gasteiger partial charge on any atom is -0.496 e. The third-order valence-electron chi connectivity index (χ3n) is 7.05. The second-order valence-corrected chi connectivity index (χ2v) is 10.4. The van der Waals surface area contributed by atoms with E-state index in [1.54, 1.807) is 24.1 Å². The van der Waals surface area contributed by atoms with Crippen LogP contribution < -0.4 is 10.3 Å². The van der Waals surface area contributed by atoms with E-state index in [0.29, 0.717) is 37.0 Å². The fraction of sp³-hybridized carbons (Fsp3) is 0.577. The van der Waals surface area contributed by atoms with Gasteiger partial charge in [-0.05, 0) is 63.5 Å². The molecule has 1 saturated carbocycles. The second kappa shape index (κ2) is 9.20. The molecule has 2 aromatic rings. The normalized spacial score (nSPS) is 20.1. The molecule has 1 aliphatic heterocycles. The topological polar surface area (TPSA) is 73.7 Å². The molecule has 7 heteroatoms. The smallest absolute Gasteiger partial charge is 0.410 e. The van der Waals surface area contributed by atoms with Crippen LogP contribution in [0.5, 0.6) is 5.75 Å². The summed E-state index contributed by atoms with van der Waals surface area (Å²) in [5.41, 5.74) is 0.898. The first-order valence-electron chi connectivity index (χ1n) is 11.9. The molecule has 0 unspecified atom stereocenters. The van der Waals surface area contributed by atoms with Gasteiger partial charge in [0.25, 0.3) is 5.56 Å². The highest BCUT2D eigenvalue weighted by molar-refractivity contribution is 5.68. The van der Waals surface area contributed by atoms with Gasteiger partial charge in [0.15, 0.2) is 0 Å². The molecular formula is C26H35N3O4. The average Bonchev–Trinajstić information content (AvgIpc) is 3.24. The molecule has 0 radical (unpaired) electrons. The largest absolute Gasteiger partial charge is 0.496 e. The zero-order valence-electron chi connectivity index (χ0n) is 20.2. The summed E-state index contributed by atoms with van der Waals surface area (Å²) in [5, 5.41) is 0. The summed E-state index contributed by atoms with van der Waals surface area (Å²) in [6, 6.07) is 9.17. The van der Waals surface area contributed by atoms with Crippen LogP contribution in [-0.2, 0) is 11.3 Å². The number of carbonyl (C=O) groups excluding carboxylic acids is 1. The Kier molecular flexibility index (Phi) is 6.50. The highest BCUT2D eigenvalue weighted by Gasteiger charge is 2.46. The molecule has 1 aliphatic carbocycles. The number of amides is 1. The Labute approximate surface area is 195 Å². The second-order valence-electron chi connectivity index (χ2n) is 10.4. The molecule has 2 heterocycles. The van der Waals surface area contributed by atoms with Crippen LogP contribution in [0.3, 0.4) is 0 Å². The Morgan fingerprint density at radius 2 is 1.94 bits per heavy atom. The van der Waals surface area contributed by atoms with E-state index in [2.05, 4.69) is 4.98 Å². The van der Waals surface area contributed by atoms with Gasteiger partial charge >= 0.3 is 6.09 Å². The number of hydrogen-bond donors (Lipinski definition) is 0. The van der Waals surface area contributed by atoms with Gasteiger partial charge in [-0.2, -0.15) is 0 Å². The lowest BCUT2D eigenvalue weighted by Gasteiger charge is -2.46. The lowest BCUT2D eigenvalue weighted by atomic mass is 9.69. The summed E-state index contributed by atoms with van der Waals surface area (Å²) >= 11 is 0. The summed E-state index contributed by atoms with van der Waals surface area (Å²) in [6.07, 6.45) is 6.79. The lowest BCUT2D eigenvalue weighted by Crippen LogP contribution is -2.52. The van der Waals surface area contributed by atoms with Crippen molar-refractivity contribution in [2.75, 3.05) is 20.2 Å². The van der Waals surface area contributed by atoms with Crippen LogP contribution >= 0.6 is 0 Å². The molecule has 1 spiro atoms. The van der Waals surface area contributed by atoms with Crippen molar-refractivity contribution in [3.8, 4) is 17.0 Å². The Morgan fingerprint density at radius 1 is 1.21 bits per heavy atom. The van der Waals surface area contributed by atoms with Crippen molar-refractivity contribution >= 4 is 6.09 Å². The third kappa shape index (κ3) is 5.07. The minimum absolute atomic E-state index is 0.0376. The van der Waals surface area contributed by atoms with Crippen molar-refractivity contribution < 1.29 is 14.3 Å². The molecule has 1 atom stereocenters. The van der Waals surface area contributed by atoms with E-state index in [0.717, 1.165) is 24.8 Å². The Bertz CT molecular complexity index is 1050. The van der Waals surface area contributed by atoms with Gasteiger partial charge in [-0.15, -0.1) is 0 Å². The Morgan fingerprint density at radius 3 is 2.61 bits per heavy atom. The van der Waals surface area contributed by atoms with Crippen LogP contribution in [-0.4, -0.2) is 46.3 Å². The highest BCUT2D eigenvalue weighted by Crippen LogP contribution is 2.49. The standard InChI is InChI=1S/C26H35N3O4/c1-25(2,3)33-24(31)28-14-11-19(26(17-28)12-7-8-13-26)16-29-18-27-21(15-23(29)30)20-9-5-6-10-22(20)32-4/h5-6,9-10,15,18-19H,7-8,11-14,16-17H2,1-4H3/t19-/m1/s1. The van der Waals surface area contributed by atoms with Gasteiger partial charge in [0, 0.05) is 31.3 Å². The number of carbonyl (C=O) groups is 1. The number of rotatable bonds is 4. The van der Waals surface area contributed by atoms with E-state index in [4.69, 9.17) is 9.47 Å². The quantitative estimate of drug-likeness (QED) is 0.669. The lowest BCUT2D eigenvalue weighted by molar-refractivity contribution is -0.0156. The van der Waals surface area contributed by atoms with E-state index in [1.165, 1.54) is 12.8 Å². The summed E-state index contributed by atoms with van der Waals surface area (Å²) < 4.78 is 12.8. The Hall–Kier alpha value is -2.83. The number of methoxy groups -OCH3 is 1. The van der Waals surface area contributed by atoms with Crippen molar-refractivity contribution in [2.24, 2.45) is 11.3 Å². The SMILES string of the molecule is COc1ccccc1-c1cc(=O)n(C[C@H]2CCN(C(=O)OC(C)(C)C)CC23CCCC3)cn1. The van der Waals surface area contributed by atoms with Crippen molar-refractivity contribution in [2.45, 2.75) is 65.0 Å². The highest BCUT2D eigenvalue weighted by atomic mass is 16.6. The van der Waals surface area contributed by atoms with Crippen molar-refractivity contribution in [3.63, 3.8) is 0 Å². The van der Waals surface area contributed by atoms with Gasteiger partial charge in [-0.3, -0.25) is 9.36 Å². The van der Waals surface area contributed by atoms with Gasteiger partial charge in [-0.25, -0.2) is 9.78 Å². The molecule has 4 rings (SSSR count). The van der Waals surface area contributed by atoms with Gasteiger partial charge in [-0.1, -0.05) is 25.0 Å². The number of piperidine rings is 1. The number of likely N-dealkylation sites (tertiary alicyclic amines) is 1. The molecule has 1 saturated heterocycles. The Balaban J connectivity index is 1.53. The number of nitrogens with zero attached hydrogens (tertiary/aromatic N) is 3. The molecule has 1 aromatic carbocycles. The molecule has 2 fully saturated rings. The molecule has 0 N–H and O–H groups in total. The van der Waals surface area contributed by atoms with Crippen molar-refractivity contribution in [1.29, 1.82) is 0 Å². The van der Waals surface area contributed by atoms with Gasteiger partial charge in [0.2, 0.25) is 0 Å². The number of ether oxygens (including phenoxy) is 2. The summed E-state index contributed by atoms with van der Waals surface area (Å²) in [4.78, 5) is 32.2. The van der Waals surface area contributed by atoms with Crippen LogP contribution in [0.1, 0.15) is 52.9 Å². The number of aromatic nitrogens is 2. The van der Waals surface area contributed by atoms with Crippen molar-refractivity contribution in [3.05, 3.63) is 47.0 Å². The average molecular weight is 454 g/mol. The zero-order valence-corrected chi connectivity index (χ0v) is 20.2. The molecule has 33 heavy (non-hydrogen) atoms. The van der Waals surface area contributed by atoms with E-state index >= 15 is 0 Å². The zero-order chi connectivity index (χ0) is 23.6. The molecule has 2 aliphatic rings. The number of hydrogen-bond acceptors (Lipinski definition) is 5. The van der Waals surface area contributed by atoms with Crippen LogP contribution in [0.4, 0.5) is 4.79 Å². The van der Waals surface area contributed by atoms with E-state index in [1.807, 2.05) is 49.9 Å². The predicted molar refractivity (Wildman–Crippen MR) is 127 cm³/mol. The monoisotopic (exact) mass is 453 g/mol. The maximum absolute atomic E-state index is 13.0. The van der Waals surface area contributed by atoms with Crippen LogP contribution in [0.2, 0.25) is 0 Å². The molecule has 1 amide bonds. The molecule has 0 bridgehead atoms. The maximum Gasteiger partial charge on any atom is 0.410 e. The third-order valence-corrected chi connectivity index (χ3v) is 7.05. The summed E-state index contributed by atoms with van der Waals surface area (Å²) in [7, 11) is 1.62. The summed E-state index contributed by atoms with van der Waals surface area (Å²) in [6.45, 7) is 7.68. The van der Waals surface area contributed by atoms with Crippen LogP contribution in [0.25, 0.3) is 11.3 Å². The van der Waals surface area contributed by atoms with E-state index in [-0.39, 0.29) is 17.1 Å². The molecule has 178 valence electrons. The number of para-hydroxylation sites is 1. The first-order chi connectivity index (χ1) is 15.7. The van der Waals surface area contributed by atoms with Crippen molar-refractivity contribution in [1.82, 2.24) is 14.5 Å². The van der Waals surface area contributed by atoms with Crippen LogP contribution in [0, 0.1) is 11.3 Å². The molecule has 7 nitrogen and oxygen atoms in total. The van der Waals surface area contributed by atoms with Gasteiger partial charge in [0.1, 0.15) is 11.4 Å². The van der Waals surface area contributed by atoms with E-state index < -0.39 is 5.60 Å². The van der Waals surface area contributed by atoms with Crippen LogP contribution in [0.15, 0.2) is 41.5 Å². The maximum atomic E-state index is 13.0. The van der Waals surface area contributed by atoms with Gasteiger partial charge < -0.3 is 14.4 Å². The summed E-state index contributed by atoms with van der Waals surface area (Å²) in [5.74, 6) is 1.02. The first-order valence-corrected chi connectivity index (χ1v) is 11.9. The molecular weight excluding hydrogens is 418 g/mol. The number of benzene rings is 1. The minimum atomic E-state index is -0.501. The van der Waals surface area contributed by atoms with Gasteiger partial charge in [0.05, 0.1) is 19.1 Å². The molecule has 1 aromatic heterocycles. The fourth-order valence-electron chi connectivity index (χ4n) is 5.42.